The van der Waals surface area contributed by atoms with Gasteiger partial charge in [-0.05, 0) is 7.05 Å². The fraction of sp³-hybridized carbons (Fsp3) is 0.545. The van der Waals surface area contributed by atoms with Crippen LogP contribution in [-0.4, -0.2) is 50.2 Å². The monoisotopic (exact) mass is 241 g/mol. The number of hydrogen-bond donors (Lipinski definition) is 0. The Balaban J connectivity index is 2.19. The van der Waals surface area contributed by atoms with E-state index in [-0.39, 0.29) is 0 Å². The van der Waals surface area contributed by atoms with Crippen LogP contribution in [0.3, 0.4) is 0 Å². The van der Waals surface area contributed by atoms with Crippen molar-refractivity contribution >= 4 is 17.4 Å². The minimum absolute atomic E-state index is 0.606. The maximum Gasteiger partial charge on any atom is 0.171 e. The molecule has 5 heteroatoms. The van der Waals surface area contributed by atoms with Crippen LogP contribution in [0.25, 0.3) is 0 Å². The number of piperazine rings is 1. The average molecular weight is 242 g/mol. The van der Waals surface area contributed by atoms with Gasteiger partial charge in [-0.15, -0.1) is 0 Å². The Morgan fingerprint density at radius 2 is 2.00 bits per heavy atom. The normalized spacial score (nSPS) is 17.6. The van der Waals surface area contributed by atoms with Crippen molar-refractivity contribution in [1.82, 2.24) is 9.88 Å². The van der Waals surface area contributed by atoms with Crippen molar-refractivity contribution in [2.45, 2.75) is 0 Å². The van der Waals surface area contributed by atoms with Gasteiger partial charge in [-0.2, -0.15) is 0 Å². The van der Waals surface area contributed by atoms with E-state index in [2.05, 4.69) is 21.8 Å². The number of aromatic nitrogens is 1. The second-order valence-electron chi connectivity index (χ2n) is 3.97. The van der Waals surface area contributed by atoms with Crippen LogP contribution in [0.5, 0.6) is 5.75 Å². The summed E-state index contributed by atoms with van der Waals surface area (Å²) in [6, 6.07) is 1.81. The Morgan fingerprint density at radius 3 is 2.62 bits per heavy atom. The second kappa shape index (κ2) is 4.89. The number of hydrogen-bond acceptors (Lipinski definition) is 4. The summed E-state index contributed by atoms with van der Waals surface area (Å²) in [6.45, 7) is 4.05. The lowest BCUT2D eigenvalue weighted by Gasteiger charge is -2.33. The lowest BCUT2D eigenvalue weighted by atomic mass is 10.3. The summed E-state index contributed by atoms with van der Waals surface area (Å²) in [5.41, 5.74) is 0. The van der Waals surface area contributed by atoms with Gasteiger partial charge in [0.05, 0.1) is 12.1 Å². The molecule has 0 spiro atoms. The summed E-state index contributed by atoms with van der Waals surface area (Å²) < 4.78 is 5.30. The Hall–Kier alpha value is -1.00. The van der Waals surface area contributed by atoms with E-state index in [0.29, 0.717) is 5.02 Å². The van der Waals surface area contributed by atoms with E-state index in [9.17, 15) is 0 Å². The van der Waals surface area contributed by atoms with Gasteiger partial charge < -0.3 is 14.5 Å². The van der Waals surface area contributed by atoms with Crippen LogP contribution in [0.2, 0.25) is 5.02 Å². The molecule has 1 saturated heterocycles. The molecule has 88 valence electrons. The van der Waals surface area contributed by atoms with Gasteiger partial charge in [-0.25, -0.2) is 4.98 Å². The second-order valence-corrected chi connectivity index (χ2v) is 4.41. The molecule has 0 bridgehead atoms. The van der Waals surface area contributed by atoms with Gasteiger partial charge >= 0.3 is 0 Å². The minimum Gasteiger partial charge on any atom is -0.493 e. The first-order valence-electron chi connectivity index (χ1n) is 5.33. The van der Waals surface area contributed by atoms with Crippen LogP contribution in [0.15, 0.2) is 12.3 Å². The molecule has 0 radical (unpaired) electrons. The average Bonchev–Trinajstić information content (AvgIpc) is 2.30. The summed E-state index contributed by atoms with van der Waals surface area (Å²) in [5, 5.41) is 0.606. The van der Waals surface area contributed by atoms with Crippen molar-refractivity contribution in [3.05, 3.63) is 17.3 Å². The predicted octanol–water partition coefficient (Wildman–Crippen LogP) is 1.50. The smallest absolute Gasteiger partial charge is 0.171 e. The van der Waals surface area contributed by atoms with Gasteiger partial charge in [0.1, 0.15) is 0 Å². The first-order chi connectivity index (χ1) is 7.70. The number of ether oxygens (including phenoxy) is 1. The fourth-order valence-electron chi connectivity index (χ4n) is 1.82. The molecule has 1 fully saturated rings. The molecule has 1 aliphatic heterocycles. The van der Waals surface area contributed by atoms with Crippen LogP contribution in [0, 0.1) is 0 Å². The summed E-state index contributed by atoms with van der Waals surface area (Å²) in [5.74, 6) is 1.64. The van der Waals surface area contributed by atoms with E-state index in [1.165, 1.54) is 0 Å². The topological polar surface area (TPSA) is 28.6 Å². The maximum atomic E-state index is 5.89. The highest BCUT2D eigenvalue weighted by Gasteiger charge is 2.18. The van der Waals surface area contributed by atoms with E-state index in [1.807, 2.05) is 6.07 Å². The summed E-state index contributed by atoms with van der Waals surface area (Å²) in [7, 11) is 3.77. The van der Waals surface area contributed by atoms with E-state index < -0.39 is 0 Å². The van der Waals surface area contributed by atoms with Gasteiger partial charge in [0.15, 0.2) is 11.6 Å². The standard InChI is InChI=1S/C11H16ClN3O/c1-14-3-5-15(6-4-14)11-10(16-2)7-9(12)8-13-11/h7-8H,3-6H2,1-2H3. The quantitative estimate of drug-likeness (QED) is 0.785. The highest BCUT2D eigenvalue weighted by Crippen LogP contribution is 2.28. The van der Waals surface area contributed by atoms with Crippen molar-refractivity contribution < 1.29 is 4.74 Å². The van der Waals surface area contributed by atoms with Crippen molar-refractivity contribution in [2.24, 2.45) is 0 Å². The third-order valence-electron chi connectivity index (χ3n) is 2.82. The van der Waals surface area contributed by atoms with Gasteiger partial charge in [-0.1, -0.05) is 11.6 Å². The van der Waals surface area contributed by atoms with E-state index in [0.717, 1.165) is 37.7 Å². The largest absolute Gasteiger partial charge is 0.493 e. The number of methoxy groups -OCH3 is 1. The summed E-state index contributed by atoms with van der Waals surface area (Å²) in [6.07, 6.45) is 1.66. The maximum absolute atomic E-state index is 5.89. The Bertz CT molecular complexity index is 364. The molecule has 1 aromatic heterocycles. The minimum atomic E-state index is 0.606. The Morgan fingerprint density at radius 1 is 1.31 bits per heavy atom. The molecule has 0 saturated carbocycles. The number of anilines is 1. The molecule has 0 aliphatic carbocycles. The number of pyridine rings is 1. The van der Waals surface area contributed by atoms with Crippen molar-refractivity contribution in [3.63, 3.8) is 0 Å². The fourth-order valence-corrected chi connectivity index (χ4v) is 1.97. The molecule has 4 nitrogen and oxygen atoms in total. The van der Waals surface area contributed by atoms with Crippen molar-refractivity contribution in [2.75, 3.05) is 45.2 Å². The molecule has 0 unspecified atom stereocenters. The summed E-state index contributed by atoms with van der Waals surface area (Å²) >= 11 is 5.89. The first-order valence-corrected chi connectivity index (χ1v) is 5.71. The summed E-state index contributed by atoms with van der Waals surface area (Å²) in [4.78, 5) is 8.88. The molecule has 0 amide bonds. The number of rotatable bonds is 2. The van der Waals surface area contributed by atoms with Gasteiger partial charge in [0, 0.05) is 38.4 Å². The molecular weight excluding hydrogens is 226 g/mol. The Labute approximate surface area is 101 Å². The highest BCUT2D eigenvalue weighted by atomic mass is 35.5. The van der Waals surface area contributed by atoms with Crippen LogP contribution in [0.4, 0.5) is 5.82 Å². The highest BCUT2D eigenvalue weighted by molar-refractivity contribution is 6.30. The van der Waals surface area contributed by atoms with Crippen molar-refractivity contribution in [1.29, 1.82) is 0 Å². The van der Waals surface area contributed by atoms with Crippen LogP contribution in [0.1, 0.15) is 0 Å². The molecule has 0 N–H and O–H groups in total. The Kier molecular flexibility index (Phi) is 3.51. The predicted molar refractivity (Wildman–Crippen MR) is 65.5 cm³/mol. The number of likely N-dealkylation sites (N-methyl/N-ethyl adjacent to an activating group) is 1. The molecule has 0 atom stereocenters. The van der Waals surface area contributed by atoms with Gasteiger partial charge in [0.2, 0.25) is 0 Å². The van der Waals surface area contributed by atoms with Crippen LogP contribution in [-0.2, 0) is 0 Å². The van der Waals surface area contributed by atoms with E-state index in [1.54, 1.807) is 13.3 Å². The molecule has 0 aromatic carbocycles. The first kappa shape index (κ1) is 11.5. The van der Waals surface area contributed by atoms with Crippen LogP contribution < -0.4 is 9.64 Å². The lowest BCUT2D eigenvalue weighted by Crippen LogP contribution is -2.44. The van der Waals surface area contributed by atoms with Gasteiger partial charge in [0.25, 0.3) is 0 Å². The molecule has 1 aliphatic rings. The zero-order chi connectivity index (χ0) is 11.5. The van der Waals surface area contributed by atoms with E-state index >= 15 is 0 Å². The van der Waals surface area contributed by atoms with Gasteiger partial charge in [-0.3, -0.25) is 0 Å². The zero-order valence-corrected chi connectivity index (χ0v) is 10.4. The zero-order valence-electron chi connectivity index (χ0n) is 9.61. The lowest BCUT2D eigenvalue weighted by molar-refractivity contribution is 0.310. The molecule has 2 heterocycles. The number of halogens is 1. The number of nitrogens with zero attached hydrogens (tertiary/aromatic N) is 3. The van der Waals surface area contributed by atoms with Crippen molar-refractivity contribution in [3.8, 4) is 5.75 Å². The third kappa shape index (κ3) is 2.39. The molecule has 1 aromatic rings. The third-order valence-corrected chi connectivity index (χ3v) is 3.03. The van der Waals surface area contributed by atoms with E-state index in [4.69, 9.17) is 16.3 Å². The molecule has 16 heavy (non-hydrogen) atoms. The molecular formula is C11H16ClN3O. The van der Waals surface area contributed by atoms with Crippen LogP contribution >= 0.6 is 11.6 Å². The SMILES string of the molecule is COc1cc(Cl)cnc1N1CCN(C)CC1. The molecule has 2 rings (SSSR count).